The maximum atomic E-state index is 13.7. The van der Waals surface area contributed by atoms with Crippen LogP contribution in [0.5, 0.6) is 11.5 Å². The van der Waals surface area contributed by atoms with Crippen LogP contribution in [0, 0.1) is 5.82 Å². The van der Waals surface area contributed by atoms with Crippen LogP contribution in [0.25, 0.3) is 0 Å². The number of ether oxygens (including phenoxy) is 1. The number of rotatable bonds is 3. The molecule has 0 spiro atoms. The van der Waals surface area contributed by atoms with Gasteiger partial charge in [-0.3, -0.25) is 4.79 Å². The highest BCUT2D eigenvalue weighted by Gasteiger charge is 2.12. The fourth-order valence-corrected chi connectivity index (χ4v) is 1.77. The Balaban J connectivity index is 2.30. The van der Waals surface area contributed by atoms with Gasteiger partial charge < -0.3 is 15.8 Å². The van der Waals surface area contributed by atoms with E-state index in [0.29, 0.717) is 5.56 Å². The van der Waals surface area contributed by atoms with Crippen molar-refractivity contribution in [2.75, 3.05) is 12.8 Å². The molecule has 2 aromatic rings. The highest BCUT2D eigenvalue weighted by atomic mass is 35.5. The molecule has 104 valence electrons. The Labute approximate surface area is 120 Å². The number of carbonyl (C=O) groups is 1. The Morgan fingerprint density at radius 1 is 1.30 bits per heavy atom. The first-order valence-corrected chi connectivity index (χ1v) is 6.14. The van der Waals surface area contributed by atoms with Gasteiger partial charge >= 0.3 is 0 Å². The Hall–Kier alpha value is -2.27. The lowest BCUT2D eigenvalue weighted by molar-refractivity contribution is 0.0963. The number of carbonyl (C=O) groups excluding carboxylic acids is 1. The summed E-state index contributed by atoms with van der Waals surface area (Å²) < 4.78 is 19.1. The van der Waals surface area contributed by atoms with E-state index in [1.165, 1.54) is 37.4 Å². The monoisotopic (exact) mass is 294 g/mol. The van der Waals surface area contributed by atoms with Gasteiger partial charge in [-0.05, 0) is 30.3 Å². The van der Waals surface area contributed by atoms with Crippen molar-refractivity contribution in [1.82, 2.24) is 5.32 Å². The van der Waals surface area contributed by atoms with Crippen molar-refractivity contribution >= 4 is 23.2 Å². The second-order valence-corrected chi connectivity index (χ2v) is 4.39. The van der Waals surface area contributed by atoms with Gasteiger partial charge in [0.05, 0.1) is 10.7 Å². The molecule has 6 heteroatoms. The molecule has 2 rings (SSSR count). The number of nitrogens with two attached hydrogens (primary N) is 1. The summed E-state index contributed by atoms with van der Waals surface area (Å²) >= 11 is 5.67. The highest BCUT2D eigenvalue weighted by molar-refractivity contribution is 6.30. The molecule has 20 heavy (non-hydrogen) atoms. The third-order valence-electron chi connectivity index (χ3n) is 2.64. The van der Waals surface area contributed by atoms with Crippen molar-refractivity contribution in [3.05, 3.63) is 52.8 Å². The average Bonchev–Trinajstić information content (AvgIpc) is 2.45. The molecular formula is C14H12ClFN2O2. The summed E-state index contributed by atoms with van der Waals surface area (Å²) in [4.78, 5) is 11.4. The summed E-state index contributed by atoms with van der Waals surface area (Å²) in [6.07, 6.45) is 0. The second-order valence-electron chi connectivity index (χ2n) is 3.99. The van der Waals surface area contributed by atoms with Crippen LogP contribution in [0.4, 0.5) is 10.1 Å². The molecule has 0 radical (unpaired) electrons. The maximum absolute atomic E-state index is 13.7. The van der Waals surface area contributed by atoms with Crippen molar-refractivity contribution < 1.29 is 13.9 Å². The second kappa shape index (κ2) is 5.79. The lowest BCUT2D eigenvalue weighted by Crippen LogP contribution is -2.17. The van der Waals surface area contributed by atoms with Crippen LogP contribution in [0.3, 0.4) is 0 Å². The molecule has 2 aromatic carbocycles. The minimum atomic E-state index is -0.663. The van der Waals surface area contributed by atoms with E-state index in [2.05, 4.69) is 5.32 Å². The number of anilines is 1. The van der Waals surface area contributed by atoms with Crippen LogP contribution in [-0.2, 0) is 0 Å². The minimum Gasteiger partial charge on any atom is -0.452 e. The first-order valence-electron chi connectivity index (χ1n) is 5.76. The number of amides is 1. The zero-order valence-corrected chi connectivity index (χ0v) is 11.4. The van der Waals surface area contributed by atoms with E-state index in [0.717, 1.165) is 0 Å². The van der Waals surface area contributed by atoms with Gasteiger partial charge in [0.1, 0.15) is 0 Å². The molecule has 0 aromatic heterocycles. The maximum Gasteiger partial charge on any atom is 0.251 e. The van der Waals surface area contributed by atoms with E-state index in [9.17, 15) is 9.18 Å². The van der Waals surface area contributed by atoms with Crippen molar-refractivity contribution in [1.29, 1.82) is 0 Å². The summed E-state index contributed by atoms with van der Waals surface area (Å²) in [6.45, 7) is 0. The van der Waals surface area contributed by atoms with Crippen molar-refractivity contribution in [3.8, 4) is 11.5 Å². The third kappa shape index (κ3) is 2.83. The summed E-state index contributed by atoms with van der Waals surface area (Å²) in [6, 6.07) is 8.91. The van der Waals surface area contributed by atoms with Crippen LogP contribution in [-0.4, -0.2) is 13.0 Å². The number of benzene rings is 2. The Morgan fingerprint density at radius 3 is 2.70 bits per heavy atom. The van der Waals surface area contributed by atoms with Crippen LogP contribution in [0.2, 0.25) is 5.02 Å². The average molecular weight is 295 g/mol. The van der Waals surface area contributed by atoms with Crippen molar-refractivity contribution in [2.45, 2.75) is 0 Å². The van der Waals surface area contributed by atoms with E-state index in [-0.39, 0.29) is 28.1 Å². The summed E-state index contributed by atoms with van der Waals surface area (Å²) in [7, 11) is 1.52. The van der Waals surface area contributed by atoms with Crippen LogP contribution < -0.4 is 15.8 Å². The van der Waals surface area contributed by atoms with Gasteiger partial charge in [-0.15, -0.1) is 0 Å². The smallest absolute Gasteiger partial charge is 0.251 e. The van der Waals surface area contributed by atoms with Crippen molar-refractivity contribution in [3.63, 3.8) is 0 Å². The fraction of sp³-hybridized carbons (Fsp3) is 0.0714. The molecule has 0 atom stereocenters. The molecule has 0 bridgehead atoms. The Kier molecular flexibility index (Phi) is 4.10. The van der Waals surface area contributed by atoms with E-state index in [1.54, 1.807) is 6.07 Å². The van der Waals surface area contributed by atoms with E-state index >= 15 is 0 Å². The van der Waals surface area contributed by atoms with Crippen LogP contribution in [0.15, 0.2) is 36.4 Å². The van der Waals surface area contributed by atoms with E-state index in [1.807, 2.05) is 0 Å². The quantitative estimate of drug-likeness (QED) is 0.854. The van der Waals surface area contributed by atoms with Gasteiger partial charge in [0.2, 0.25) is 0 Å². The van der Waals surface area contributed by atoms with Gasteiger partial charge in [0, 0.05) is 12.6 Å². The summed E-state index contributed by atoms with van der Waals surface area (Å²) in [5.74, 6) is -0.711. The predicted molar refractivity (Wildman–Crippen MR) is 75.7 cm³/mol. The van der Waals surface area contributed by atoms with E-state index < -0.39 is 5.82 Å². The lowest BCUT2D eigenvalue weighted by atomic mass is 10.2. The highest BCUT2D eigenvalue weighted by Crippen LogP contribution is 2.32. The zero-order valence-electron chi connectivity index (χ0n) is 10.6. The molecule has 0 fully saturated rings. The number of halogens is 2. The first-order chi connectivity index (χ1) is 9.52. The third-order valence-corrected chi connectivity index (χ3v) is 2.93. The molecule has 0 aliphatic carbocycles. The van der Waals surface area contributed by atoms with E-state index in [4.69, 9.17) is 22.1 Å². The molecule has 0 aliphatic heterocycles. The SMILES string of the molecule is CNC(=O)c1ccc(Oc2cccc(Cl)c2F)c(N)c1. The van der Waals surface area contributed by atoms with Gasteiger partial charge in [0.15, 0.2) is 17.3 Å². The topological polar surface area (TPSA) is 64.3 Å². The van der Waals surface area contributed by atoms with Gasteiger partial charge in [-0.2, -0.15) is 0 Å². The predicted octanol–water partition coefficient (Wildman–Crippen LogP) is 3.21. The Bertz CT molecular complexity index is 662. The molecule has 3 N–H and O–H groups in total. The van der Waals surface area contributed by atoms with Gasteiger partial charge in [-0.1, -0.05) is 17.7 Å². The summed E-state index contributed by atoms with van der Waals surface area (Å²) in [5.41, 5.74) is 6.41. The number of nitrogens with one attached hydrogen (secondary N) is 1. The van der Waals surface area contributed by atoms with Crippen LogP contribution >= 0.6 is 11.6 Å². The molecule has 0 heterocycles. The molecule has 4 nitrogen and oxygen atoms in total. The largest absolute Gasteiger partial charge is 0.452 e. The lowest BCUT2D eigenvalue weighted by Gasteiger charge is -2.10. The fourth-order valence-electron chi connectivity index (χ4n) is 1.61. The standard InChI is InChI=1S/C14H12ClFN2O2/c1-18-14(19)8-5-6-11(10(17)7-8)20-12-4-2-3-9(15)13(12)16/h2-7H,17H2,1H3,(H,18,19). The molecule has 1 amide bonds. The summed E-state index contributed by atoms with van der Waals surface area (Å²) in [5, 5.41) is 2.44. The van der Waals surface area contributed by atoms with Crippen LogP contribution in [0.1, 0.15) is 10.4 Å². The number of hydrogen-bond donors (Lipinski definition) is 2. The molecule has 0 unspecified atom stereocenters. The molecule has 0 aliphatic rings. The number of nitrogen functional groups attached to an aromatic ring is 1. The molecule has 0 saturated carbocycles. The van der Waals surface area contributed by atoms with Gasteiger partial charge in [0.25, 0.3) is 5.91 Å². The first kappa shape index (κ1) is 14.1. The minimum absolute atomic E-state index is 0.0307. The van der Waals surface area contributed by atoms with Gasteiger partial charge in [-0.25, -0.2) is 4.39 Å². The normalized spacial score (nSPS) is 10.2. The van der Waals surface area contributed by atoms with Crippen molar-refractivity contribution in [2.24, 2.45) is 0 Å². The Morgan fingerprint density at radius 2 is 2.05 bits per heavy atom. The molecular weight excluding hydrogens is 283 g/mol. The molecule has 0 saturated heterocycles. The zero-order chi connectivity index (χ0) is 14.7. The number of hydrogen-bond acceptors (Lipinski definition) is 3.